The molecule has 0 bridgehead atoms. The Morgan fingerprint density at radius 1 is 0.889 bits per heavy atom. The molecule has 0 spiro atoms. The number of aliphatic hydroxyl groups is 4. The molecule has 0 aromatic rings. The predicted molar refractivity (Wildman–Crippen MR) is 55.2 cm³/mol. The smallest absolute Gasteiger partial charge is 0.229 e. The fourth-order valence-electron chi connectivity index (χ4n) is 1.08. The van der Waals surface area contributed by atoms with E-state index in [2.05, 4.69) is 0 Å². The van der Waals surface area contributed by atoms with E-state index in [1.165, 1.54) is 0 Å². The molecule has 0 saturated heterocycles. The van der Waals surface area contributed by atoms with Crippen LogP contribution >= 0.6 is 0 Å². The summed E-state index contributed by atoms with van der Waals surface area (Å²) in [4.78, 5) is 43.7. The summed E-state index contributed by atoms with van der Waals surface area (Å²) in [5.41, 5.74) is 0. The normalized spacial score (nSPS) is 14.1. The van der Waals surface area contributed by atoms with Gasteiger partial charge in [0.2, 0.25) is 17.3 Å². The molecule has 0 radical (unpaired) electrons. The highest BCUT2D eigenvalue weighted by atomic mass is 16.5. The van der Waals surface area contributed by atoms with Crippen molar-refractivity contribution in [1.29, 1.82) is 0 Å². The van der Waals surface area contributed by atoms with E-state index in [-0.39, 0.29) is 0 Å². The zero-order chi connectivity index (χ0) is 14.5. The van der Waals surface area contributed by atoms with Crippen LogP contribution in [0.25, 0.3) is 0 Å². The van der Waals surface area contributed by atoms with Gasteiger partial charge in [-0.1, -0.05) is 0 Å². The monoisotopic (exact) mass is 262 g/mol. The van der Waals surface area contributed by atoms with Crippen LogP contribution in [0.4, 0.5) is 0 Å². The summed E-state index contributed by atoms with van der Waals surface area (Å²) in [5, 5.41) is 35.4. The van der Waals surface area contributed by atoms with Crippen LogP contribution in [0.15, 0.2) is 0 Å². The molecule has 8 nitrogen and oxygen atoms in total. The minimum absolute atomic E-state index is 0.845. The van der Waals surface area contributed by atoms with Crippen molar-refractivity contribution >= 4 is 23.1 Å². The second kappa shape index (κ2) is 7.07. The van der Waals surface area contributed by atoms with Gasteiger partial charge in [-0.15, -0.1) is 0 Å². The van der Waals surface area contributed by atoms with Gasteiger partial charge in [-0.25, -0.2) is 0 Å². The molecule has 2 unspecified atom stereocenters. The quantitative estimate of drug-likeness (QED) is 0.269. The fraction of sp³-hybridized carbons (Fsp3) is 0.600. The van der Waals surface area contributed by atoms with Gasteiger partial charge in [0.25, 0.3) is 0 Å². The summed E-state index contributed by atoms with van der Waals surface area (Å²) < 4.78 is 0. The lowest BCUT2D eigenvalue weighted by Crippen LogP contribution is -2.39. The van der Waals surface area contributed by atoms with Crippen molar-refractivity contribution in [2.24, 2.45) is 0 Å². The molecule has 8 heteroatoms. The Balaban J connectivity index is 4.44. The van der Waals surface area contributed by atoms with Gasteiger partial charge in [0, 0.05) is 13.3 Å². The maximum atomic E-state index is 11.1. The molecule has 102 valence electrons. The number of carbonyl (C=O) groups excluding carboxylic acids is 4. The van der Waals surface area contributed by atoms with Crippen LogP contribution in [-0.4, -0.2) is 62.1 Å². The molecule has 0 rings (SSSR count). The minimum Gasteiger partial charge on any atom is -0.389 e. The van der Waals surface area contributed by atoms with Crippen LogP contribution in [0.1, 0.15) is 19.8 Å². The first-order chi connectivity index (χ1) is 8.16. The molecule has 0 aromatic heterocycles. The lowest BCUT2D eigenvalue weighted by atomic mass is 10.00. The third-order valence-electron chi connectivity index (χ3n) is 2.05. The lowest BCUT2D eigenvalue weighted by Gasteiger charge is -2.14. The van der Waals surface area contributed by atoms with Gasteiger partial charge >= 0.3 is 0 Å². The van der Waals surface area contributed by atoms with Crippen molar-refractivity contribution in [3.8, 4) is 0 Å². The van der Waals surface area contributed by atoms with Crippen LogP contribution in [0.2, 0.25) is 0 Å². The van der Waals surface area contributed by atoms with Crippen LogP contribution in [-0.2, 0) is 19.2 Å². The van der Waals surface area contributed by atoms with E-state index in [0.29, 0.717) is 0 Å². The second-order valence-electron chi connectivity index (χ2n) is 3.67. The Morgan fingerprint density at radius 2 is 1.33 bits per heavy atom. The number of hydrogen-bond acceptors (Lipinski definition) is 8. The Bertz CT molecular complexity index is 359. The third kappa shape index (κ3) is 5.23. The summed E-state index contributed by atoms with van der Waals surface area (Å²) in [5.74, 6) is -4.60. The second-order valence-corrected chi connectivity index (χ2v) is 3.67. The SMILES string of the molecule is CC(=O)C(=O)C(O)C(O)CC(=O)C(=O)CC(O)O. The molecule has 18 heavy (non-hydrogen) atoms. The summed E-state index contributed by atoms with van der Waals surface area (Å²) in [6.45, 7) is 0.882. The van der Waals surface area contributed by atoms with E-state index in [1.54, 1.807) is 0 Å². The number of aliphatic hydroxyl groups excluding tert-OH is 3. The minimum atomic E-state index is -2.08. The van der Waals surface area contributed by atoms with Gasteiger partial charge in [-0.05, 0) is 0 Å². The standard InChI is InChI=1S/C10H14O8/c1-4(11)9(17)10(18)7(14)2-5(12)6(13)3-8(15)16/h7-8,10,14-16,18H,2-3H2,1H3. The molecule has 0 aliphatic heterocycles. The van der Waals surface area contributed by atoms with Gasteiger partial charge < -0.3 is 20.4 Å². The van der Waals surface area contributed by atoms with Crippen molar-refractivity contribution in [3.05, 3.63) is 0 Å². The number of Topliss-reactive ketones (excluding diaryl/α,β-unsaturated/α-hetero) is 4. The summed E-state index contributed by atoms with van der Waals surface area (Å²) in [6, 6.07) is 0. The highest BCUT2D eigenvalue weighted by Gasteiger charge is 2.30. The molecule has 0 saturated carbocycles. The van der Waals surface area contributed by atoms with E-state index in [1.807, 2.05) is 0 Å². The molecular formula is C10H14O8. The van der Waals surface area contributed by atoms with Gasteiger partial charge in [-0.2, -0.15) is 0 Å². The largest absolute Gasteiger partial charge is 0.389 e. The summed E-state index contributed by atoms with van der Waals surface area (Å²) in [7, 11) is 0. The average Bonchev–Trinajstić information content (AvgIpc) is 2.25. The first-order valence-electron chi connectivity index (χ1n) is 4.99. The first-order valence-corrected chi connectivity index (χ1v) is 4.99. The van der Waals surface area contributed by atoms with E-state index < -0.39 is 54.5 Å². The fourth-order valence-corrected chi connectivity index (χ4v) is 1.08. The van der Waals surface area contributed by atoms with E-state index in [0.717, 1.165) is 6.92 Å². The van der Waals surface area contributed by atoms with Crippen LogP contribution in [0, 0.1) is 0 Å². The van der Waals surface area contributed by atoms with Gasteiger partial charge in [0.15, 0.2) is 12.1 Å². The Labute approximate surface area is 102 Å². The van der Waals surface area contributed by atoms with Crippen molar-refractivity contribution in [2.75, 3.05) is 0 Å². The number of hydrogen-bond donors (Lipinski definition) is 4. The molecule has 0 fully saturated rings. The van der Waals surface area contributed by atoms with Crippen molar-refractivity contribution in [2.45, 2.75) is 38.3 Å². The van der Waals surface area contributed by atoms with Gasteiger partial charge in [0.05, 0.1) is 12.5 Å². The van der Waals surface area contributed by atoms with Crippen molar-refractivity contribution < 1.29 is 39.6 Å². The Kier molecular flexibility index (Phi) is 6.48. The maximum absolute atomic E-state index is 11.1. The Hall–Kier alpha value is -1.48. The average molecular weight is 262 g/mol. The van der Waals surface area contributed by atoms with Crippen molar-refractivity contribution in [3.63, 3.8) is 0 Å². The topological polar surface area (TPSA) is 149 Å². The van der Waals surface area contributed by atoms with E-state index >= 15 is 0 Å². The molecule has 0 aliphatic rings. The summed E-state index contributed by atoms with van der Waals surface area (Å²) in [6.07, 6.45) is -7.71. The number of carbonyl (C=O) groups is 4. The molecule has 0 heterocycles. The molecule has 0 aliphatic carbocycles. The zero-order valence-electron chi connectivity index (χ0n) is 9.57. The van der Waals surface area contributed by atoms with Gasteiger partial charge in [0.1, 0.15) is 6.10 Å². The predicted octanol–water partition coefficient (Wildman–Crippen LogP) is -2.90. The zero-order valence-corrected chi connectivity index (χ0v) is 9.57. The van der Waals surface area contributed by atoms with Crippen LogP contribution in [0.5, 0.6) is 0 Å². The van der Waals surface area contributed by atoms with E-state index in [4.69, 9.17) is 10.2 Å². The van der Waals surface area contributed by atoms with Crippen LogP contribution in [0.3, 0.4) is 0 Å². The number of rotatable bonds is 8. The highest BCUT2D eigenvalue weighted by molar-refractivity contribution is 6.39. The third-order valence-corrected chi connectivity index (χ3v) is 2.05. The highest BCUT2D eigenvalue weighted by Crippen LogP contribution is 2.04. The summed E-state index contributed by atoms with van der Waals surface area (Å²) >= 11 is 0. The molecule has 0 aromatic carbocycles. The van der Waals surface area contributed by atoms with E-state index in [9.17, 15) is 29.4 Å². The molecular weight excluding hydrogens is 248 g/mol. The molecule has 0 amide bonds. The number of ketones is 4. The molecule has 4 N–H and O–H groups in total. The van der Waals surface area contributed by atoms with Gasteiger partial charge in [-0.3, -0.25) is 19.2 Å². The van der Waals surface area contributed by atoms with Crippen molar-refractivity contribution in [1.82, 2.24) is 0 Å². The Morgan fingerprint density at radius 3 is 1.72 bits per heavy atom. The molecule has 2 atom stereocenters. The lowest BCUT2D eigenvalue weighted by molar-refractivity contribution is -0.148. The maximum Gasteiger partial charge on any atom is 0.229 e. The van der Waals surface area contributed by atoms with Crippen LogP contribution < -0.4 is 0 Å². The first kappa shape index (κ1) is 16.5.